The molecule has 1 N–H and O–H groups in total. The van der Waals surface area contributed by atoms with E-state index in [9.17, 15) is 4.79 Å². The number of aromatic carboxylic acids is 1. The number of carboxylic acid groups (broad SMARTS) is 1. The van der Waals surface area contributed by atoms with Gasteiger partial charge in [0.1, 0.15) is 15.9 Å². The molecule has 0 saturated carbocycles. The number of aromatic nitrogens is 1. The van der Waals surface area contributed by atoms with Gasteiger partial charge in [-0.15, -0.1) is 0 Å². The Morgan fingerprint density at radius 2 is 2.00 bits per heavy atom. The van der Waals surface area contributed by atoms with E-state index >= 15 is 0 Å². The van der Waals surface area contributed by atoms with E-state index in [4.69, 9.17) is 21.4 Å². The van der Waals surface area contributed by atoms with Crippen LogP contribution in [0.5, 0.6) is 5.75 Å². The van der Waals surface area contributed by atoms with Gasteiger partial charge in [0.05, 0.1) is 12.7 Å². The van der Waals surface area contributed by atoms with Crippen LogP contribution in [-0.4, -0.2) is 23.2 Å². The molecule has 98 valence electrons. The maximum atomic E-state index is 10.9. The van der Waals surface area contributed by atoms with Gasteiger partial charge >= 0.3 is 5.97 Å². The van der Waals surface area contributed by atoms with Crippen LogP contribution >= 0.6 is 23.4 Å². The first-order valence-electron chi connectivity index (χ1n) is 5.31. The van der Waals surface area contributed by atoms with Gasteiger partial charge < -0.3 is 9.84 Å². The molecule has 2 rings (SSSR count). The molecule has 0 aliphatic heterocycles. The number of ether oxygens (including phenoxy) is 1. The van der Waals surface area contributed by atoms with Crippen molar-refractivity contribution in [3.05, 3.63) is 47.1 Å². The summed E-state index contributed by atoms with van der Waals surface area (Å²) in [5, 5.41) is 9.66. The topological polar surface area (TPSA) is 59.4 Å². The zero-order valence-corrected chi connectivity index (χ0v) is 11.5. The average Bonchev–Trinajstić information content (AvgIpc) is 2.39. The Morgan fingerprint density at radius 1 is 1.32 bits per heavy atom. The second-order valence-corrected chi connectivity index (χ2v) is 5.08. The molecule has 1 heterocycles. The predicted octanol–water partition coefficient (Wildman–Crippen LogP) is 3.59. The molecule has 0 amide bonds. The monoisotopic (exact) mass is 295 g/mol. The fourth-order valence-electron chi connectivity index (χ4n) is 1.41. The summed E-state index contributed by atoms with van der Waals surface area (Å²) in [4.78, 5) is 15.9. The highest BCUT2D eigenvalue weighted by Crippen LogP contribution is 2.29. The van der Waals surface area contributed by atoms with Crippen LogP contribution in [0.25, 0.3) is 0 Å². The van der Waals surface area contributed by atoms with Gasteiger partial charge in [0.2, 0.25) is 0 Å². The van der Waals surface area contributed by atoms with Crippen LogP contribution in [0.4, 0.5) is 0 Å². The molecule has 0 bridgehead atoms. The zero-order valence-electron chi connectivity index (χ0n) is 9.96. The SMILES string of the molecule is COc1ccc(Sc2cc(C(=O)O)cc(Cl)n2)cc1. The van der Waals surface area contributed by atoms with E-state index in [-0.39, 0.29) is 10.7 Å². The third kappa shape index (κ3) is 3.62. The van der Waals surface area contributed by atoms with Gasteiger partial charge in [0, 0.05) is 4.90 Å². The maximum Gasteiger partial charge on any atom is 0.335 e. The minimum atomic E-state index is -1.03. The molecule has 0 saturated heterocycles. The van der Waals surface area contributed by atoms with Gasteiger partial charge in [0.25, 0.3) is 0 Å². The van der Waals surface area contributed by atoms with Crippen LogP contribution in [0.1, 0.15) is 10.4 Å². The second kappa shape index (κ2) is 5.95. The van der Waals surface area contributed by atoms with Crippen molar-refractivity contribution in [1.82, 2.24) is 4.98 Å². The second-order valence-electron chi connectivity index (χ2n) is 3.60. The highest BCUT2D eigenvalue weighted by atomic mass is 35.5. The van der Waals surface area contributed by atoms with E-state index in [1.54, 1.807) is 7.11 Å². The number of nitrogens with zero attached hydrogens (tertiary/aromatic N) is 1. The van der Waals surface area contributed by atoms with Crippen molar-refractivity contribution < 1.29 is 14.6 Å². The highest BCUT2D eigenvalue weighted by Gasteiger charge is 2.08. The first-order chi connectivity index (χ1) is 9.08. The van der Waals surface area contributed by atoms with E-state index in [1.807, 2.05) is 24.3 Å². The minimum absolute atomic E-state index is 0.121. The lowest BCUT2D eigenvalue weighted by Crippen LogP contribution is -1.97. The summed E-state index contributed by atoms with van der Waals surface area (Å²) in [5.41, 5.74) is 0.121. The number of carboxylic acids is 1. The van der Waals surface area contributed by atoms with Crippen LogP contribution in [-0.2, 0) is 0 Å². The molecule has 6 heteroatoms. The molecule has 1 aromatic carbocycles. The standard InChI is InChI=1S/C13H10ClNO3S/c1-18-9-2-4-10(5-3-9)19-12-7-8(13(16)17)6-11(14)15-12/h2-7H,1H3,(H,16,17). The van der Waals surface area contributed by atoms with Crippen LogP contribution < -0.4 is 4.74 Å². The van der Waals surface area contributed by atoms with Crippen molar-refractivity contribution in [3.63, 3.8) is 0 Å². The summed E-state index contributed by atoms with van der Waals surface area (Å²) in [7, 11) is 1.60. The molecule has 2 aromatic rings. The average molecular weight is 296 g/mol. The third-order valence-corrected chi connectivity index (χ3v) is 3.42. The maximum absolute atomic E-state index is 10.9. The number of hydrogen-bond acceptors (Lipinski definition) is 4. The first-order valence-corrected chi connectivity index (χ1v) is 6.51. The number of methoxy groups -OCH3 is 1. The molecule has 4 nitrogen and oxygen atoms in total. The van der Waals surface area contributed by atoms with Gasteiger partial charge in [-0.2, -0.15) is 0 Å². The molecule has 0 fully saturated rings. The van der Waals surface area contributed by atoms with E-state index < -0.39 is 5.97 Å². The van der Waals surface area contributed by atoms with Gasteiger partial charge in [-0.05, 0) is 36.4 Å². The number of carbonyl (C=O) groups is 1. The summed E-state index contributed by atoms with van der Waals surface area (Å²) in [6, 6.07) is 10.2. The van der Waals surface area contributed by atoms with Crippen molar-refractivity contribution in [2.24, 2.45) is 0 Å². The smallest absolute Gasteiger partial charge is 0.335 e. The van der Waals surface area contributed by atoms with Crippen molar-refractivity contribution in [2.45, 2.75) is 9.92 Å². The summed E-state index contributed by atoms with van der Waals surface area (Å²) in [6.45, 7) is 0. The fraction of sp³-hybridized carbons (Fsp3) is 0.0769. The number of rotatable bonds is 4. The Morgan fingerprint density at radius 3 is 2.58 bits per heavy atom. The normalized spacial score (nSPS) is 10.2. The summed E-state index contributed by atoms with van der Waals surface area (Å²) < 4.78 is 5.07. The van der Waals surface area contributed by atoms with Crippen molar-refractivity contribution in [1.29, 1.82) is 0 Å². The lowest BCUT2D eigenvalue weighted by atomic mass is 10.3. The summed E-state index contributed by atoms with van der Waals surface area (Å²) in [5.74, 6) is -0.268. The van der Waals surface area contributed by atoms with Gasteiger partial charge in [-0.25, -0.2) is 9.78 Å². The predicted molar refractivity (Wildman–Crippen MR) is 73.3 cm³/mol. The number of halogens is 1. The molecule has 1 aromatic heterocycles. The lowest BCUT2D eigenvalue weighted by molar-refractivity contribution is 0.0696. The molecular formula is C13H10ClNO3S. The molecule has 19 heavy (non-hydrogen) atoms. The zero-order chi connectivity index (χ0) is 13.8. The Labute approximate surface area is 119 Å². The molecule has 0 spiro atoms. The summed E-state index contributed by atoms with van der Waals surface area (Å²) in [6.07, 6.45) is 0. The third-order valence-electron chi connectivity index (χ3n) is 2.30. The number of pyridine rings is 1. The molecule has 0 radical (unpaired) electrons. The van der Waals surface area contributed by atoms with E-state index in [0.717, 1.165) is 10.6 Å². The largest absolute Gasteiger partial charge is 0.497 e. The van der Waals surface area contributed by atoms with Gasteiger partial charge in [-0.1, -0.05) is 23.4 Å². The Kier molecular flexibility index (Phi) is 4.29. The van der Waals surface area contributed by atoms with E-state index in [0.29, 0.717) is 5.03 Å². The fourth-order valence-corrected chi connectivity index (χ4v) is 2.52. The number of hydrogen-bond donors (Lipinski definition) is 1. The van der Waals surface area contributed by atoms with E-state index in [2.05, 4.69) is 4.98 Å². The molecular weight excluding hydrogens is 286 g/mol. The van der Waals surface area contributed by atoms with Crippen LogP contribution in [0.15, 0.2) is 46.3 Å². The molecule has 0 atom stereocenters. The van der Waals surface area contributed by atoms with Crippen molar-refractivity contribution >= 4 is 29.3 Å². The Balaban J connectivity index is 2.24. The van der Waals surface area contributed by atoms with Crippen molar-refractivity contribution in [3.8, 4) is 5.75 Å². The van der Waals surface area contributed by atoms with Gasteiger partial charge in [-0.3, -0.25) is 0 Å². The van der Waals surface area contributed by atoms with Gasteiger partial charge in [0.15, 0.2) is 0 Å². The van der Waals surface area contributed by atoms with E-state index in [1.165, 1.54) is 23.9 Å². The quantitative estimate of drug-likeness (QED) is 0.873. The van der Waals surface area contributed by atoms with Crippen LogP contribution in [0.3, 0.4) is 0 Å². The van der Waals surface area contributed by atoms with Crippen LogP contribution in [0, 0.1) is 0 Å². The Bertz CT molecular complexity index is 601. The molecule has 0 aliphatic carbocycles. The summed E-state index contributed by atoms with van der Waals surface area (Å²) >= 11 is 7.14. The first kappa shape index (κ1) is 13.7. The number of benzene rings is 1. The lowest BCUT2D eigenvalue weighted by Gasteiger charge is -2.04. The molecule has 0 aliphatic rings. The Hall–Kier alpha value is -1.72. The minimum Gasteiger partial charge on any atom is -0.497 e. The molecule has 0 unspecified atom stereocenters. The highest BCUT2D eigenvalue weighted by molar-refractivity contribution is 7.99. The van der Waals surface area contributed by atoms with Crippen molar-refractivity contribution in [2.75, 3.05) is 7.11 Å². The van der Waals surface area contributed by atoms with Crippen LogP contribution in [0.2, 0.25) is 5.15 Å².